The molecule has 4 N–H and O–H groups in total. The minimum Gasteiger partial charge on any atom is -0.325 e. The average Bonchev–Trinajstić information content (AvgIpc) is 3.31. The van der Waals surface area contributed by atoms with Crippen LogP contribution in [0.1, 0.15) is 25.7 Å². The molecule has 0 aromatic heterocycles. The van der Waals surface area contributed by atoms with Gasteiger partial charge in [-0.15, -0.1) is 0 Å². The topological polar surface area (TPSA) is 140 Å². The van der Waals surface area contributed by atoms with Crippen molar-refractivity contribution in [1.29, 1.82) is 10.5 Å². The van der Waals surface area contributed by atoms with Gasteiger partial charge in [-0.25, -0.2) is 0 Å². The van der Waals surface area contributed by atoms with E-state index in [1.807, 2.05) is 0 Å². The number of likely N-dealkylation sites (tertiary alicyclic amines) is 2. The van der Waals surface area contributed by atoms with E-state index < -0.39 is 12.1 Å². The molecule has 8 nitrogen and oxygen atoms in total. The van der Waals surface area contributed by atoms with Crippen LogP contribution in [0.25, 0.3) is 0 Å². The lowest BCUT2D eigenvalue weighted by atomic mass is 10.2. The quantitative estimate of drug-likeness (QED) is 0.454. The number of nitrogens with zero attached hydrogens (tertiary/aromatic N) is 4. The van der Waals surface area contributed by atoms with Crippen molar-refractivity contribution >= 4 is 33.4 Å². The first-order chi connectivity index (χ1) is 12.5. The molecule has 2 aliphatic heterocycles. The predicted molar refractivity (Wildman–Crippen MR) is 102 cm³/mol. The van der Waals surface area contributed by atoms with Crippen molar-refractivity contribution in [2.75, 3.05) is 24.6 Å². The third-order valence-electron chi connectivity index (χ3n) is 4.58. The maximum absolute atomic E-state index is 12.3. The maximum atomic E-state index is 12.3. The standard InChI is InChI=1S/C16H24N6O2S2/c17-7-11-3-1-5-21(11)15(23)13(19)9-25-26-10-14(20)16(24)22-6-2-4-12(22)8-18/h11-14H,1-6,9-10,19-20H2. The van der Waals surface area contributed by atoms with Gasteiger partial charge in [-0.05, 0) is 25.7 Å². The fourth-order valence-corrected chi connectivity index (χ4v) is 5.37. The van der Waals surface area contributed by atoms with Gasteiger partial charge >= 0.3 is 0 Å². The minimum absolute atomic E-state index is 0.198. The number of amides is 2. The van der Waals surface area contributed by atoms with Crippen molar-refractivity contribution in [2.45, 2.75) is 49.9 Å². The molecule has 0 radical (unpaired) electrons. The number of nitriles is 2. The van der Waals surface area contributed by atoms with Gasteiger partial charge in [0.15, 0.2) is 0 Å². The summed E-state index contributed by atoms with van der Waals surface area (Å²) in [5, 5.41) is 18.1. The monoisotopic (exact) mass is 396 g/mol. The van der Waals surface area contributed by atoms with E-state index >= 15 is 0 Å². The molecular weight excluding hydrogens is 372 g/mol. The lowest BCUT2D eigenvalue weighted by Crippen LogP contribution is -2.47. The Balaban J connectivity index is 1.69. The second-order valence-electron chi connectivity index (χ2n) is 6.42. The minimum atomic E-state index is -0.671. The van der Waals surface area contributed by atoms with E-state index in [-0.39, 0.29) is 23.9 Å². The van der Waals surface area contributed by atoms with E-state index in [0.717, 1.165) is 12.8 Å². The van der Waals surface area contributed by atoms with Crippen molar-refractivity contribution in [2.24, 2.45) is 11.5 Å². The first-order valence-corrected chi connectivity index (χ1v) is 11.1. The van der Waals surface area contributed by atoms with Crippen LogP contribution in [0.4, 0.5) is 0 Å². The molecule has 0 aromatic carbocycles. The molecule has 142 valence electrons. The van der Waals surface area contributed by atoms with Gasteiger partial charge in [-0.2, -0.15) is 10.5 Å². The SMILES string of the molecule is N#CC1CCCN1C(=O)C(N)CSSCC(N)C(=O)N1CCCC1C#N. The Morgan fingerprint density at radius 1 is 0.923 bits per heavy atom. The van der Waals surface area contributed by atoms with E-state index in [4.69, 9.17) is 22.0 Å². The summed E-state index contributed by atoms with van der Waals surface area (Å²) in [5.41, 5.74) is 11.9. The summed E-state index contributed by atoms with van der Waals surface area (Å²) in [5.74, 6) is 0.389. The van der Waals surface area contributed by atoms with Gasteiger partial charge in [-0.1, -0.05) is 21.6 Å². The molecule has 0 bridgehead atoms. The van der Waals surface area contributed by atoms with Gasteiger partial charge in [0.1, 0.15) is 12.1 Å². The van der Waals surface area contributed by atoms with Crippen LogP contribution in [0.3, 0.4) is 0 Å². The molecular formula is C16H24N6O2S2. The van der Waals surface area contributed by atoms with Crippen LogP contribution in [0.5, 0.6) is 0 Å². The van der Waals surface area contributed by atoms with Crippen molar-refractivity contribution in [3.8, 4) is 12.1 Å². The van der Waals surface area contributed by atoms with Crippen LogP contribution in [0.2, 0.25) is 0 Å². The molecule has 0 spiro atoms. The lowest BCUT2D eigenvalue weighted by molar-refractivity contribution is -0.132. The second-order valence-corrected chi connectivity index (χ2v) is 8.97. The van der Waals surface area contributed by atoms with Gasteiger partial charge in [0.25, 0.3) is 0 Å². The molecule has 0 aliphatic carbocycles. The molecule has 2 heterocycles. The summed E-state index contributed by atoms with van der Waals surface area (Å²) >= 11 is 0. The highest BCUT2D eigenvalue weighted by Crippen LogP contribution is 2.25. The highest BCUT2D eigenvalue weighted by molar-refractivity contribution is 8.76. The predicted octanol–water partition coefficient (Wildman–Crippen LogP) is 0.0516. The van der Waals surface area contributed by atoms with Crippen LogP contribution in [-0.2, 0) is 9.59 Å². The molecule has 2 rings (SSSR count). The summed E-state index contributed by atoms with van der Waals surface area (Å²) in [7, 11) is 2.80. The second kappa shape index (κ2) is 10.0. The Labute approximate surface area is 161 Å². The summed E-state index contributed by atoms with van der Waals surface area (Å²) in [6.07, 6.45) is 3.06. The third-order valence-corrected chi connectivity index (χ3v) is 7.06. The van der Waals surface area contributed by atoms with Crippen LogP contribution in [0, 0.1) is 22.7 Å². The summed E-state index contributed by atoms with van der Waals surface area (Å²) in [4.78, 5) is 27.7. The van der Waals surface area contributed by atoms with Gasteiger partial charge in [0, 0.05) is 24.6 Å². The first kappa shape index (κ1) is 20.8. The Morgan fingerprint density at radius 2 is 1.31 bits per heavy atom. The zero-order valence-corrected chi connectivity index (χ0v) is 16.2. The zero-order chi connectivity index (χ0) is 19.1. The zero-order valence-electron chi connectivity index (χ0n) is 14.5. The highest BCUT2D eigenvalue weighted by atomic mass is 33.1. The largest absolute Gasteiger partial charge is 0.325 e. The van der Waals surface area contributed by atoms with Gasteiger partial charge in [-0.3, -0.25) is 9.59 Å². The fraction of sp³-hybridized carbons (Fsp3) is 0.750. The average molecular weight is 397 g/mol. The Kier molecular flexibility index (Phi) is 8.04. The van der Waals surface area contributed by atoms with Gasteiger partial charge in [0.05, 0.1) is 24.2 Å². The first-order valence-electron chi connectivity index (χ1n) is 8.65. The molecule has 4 atom stereocenters. The molecule has 2 amide bonds. The Bertz CT molecular complexity index is 553. The normalized spacial score (nSPS) is 24.8. The van der Waals surface area contributed by atoms with Gasteiger partial charge in [0.2, 0.25) is 11.8 Å². The van der Waals surface area contributed by atoms with Crippen molar-refractivity contribution in [1.82, 2.24) is 9.80 Å². The van der Waals surface area contributed by atoms with E-state index in [1.54, 1.807) is 9.80 Å². The molecule has 2 fully saturated rings. The highest BCUT2D eigenvalue weighted by Gasteiger charge is 2.33. The van der Waals surface area contributed by atoms with Gasteiger partial charge < -0.3 is 21.3 Å². The molecule has 2 saturated heterocycles. The lowest BCUT2D eigenvalue weighted by Gasteiger charge is -2.24. The number of nitrogens with two attached hydrogens (primary N) is 2. The van der Waals surface area contributed by atoms with Crippen LogP contribution < -0.4 is 11.5 Å². The molecule has 26 heavy (non-hydrogen) atoms. The third kappa shape index (κ3) is 5.04. The Hall–Kier alpha value is -1.46. The number of carbonyl (C=O) groups is 2. The van der Waals surface area contributed by atoms with Crippen molar-refractivity contribution in [3.05, 3.63) is 0 Å². The summed E-state index contributed by atoms with van der Waals surface area (Å²) in [6, 6.07) is 2.19. The van der Waals surface area contributed by atoms with Crippen LogP contribution in [-0.4, -0.2) is 70.4 Å². The molecule has 0 saturated carbocycles. The van der Waals surface area contributed by atoms with E-state index in [2.05, 4.69) is 12.1 Å². The molecule has 0 aromatic rings. The van der Waals surface area contributed by atoms with E-state index in [1.165, 1.54) is 21.6 Å². The van der Waals surface area contributed by atoms with E-state index in [9.17, 15) is 9.59 Å². The number of carbonyl (C=O) groups excluding carboxylic acids is 2. The number of hydrogen-bond acceptors (Lipinski definition) is 8. The summed E-state index contributed by atoms with van der Waals surface area (Å²) in [6.45, 7) is 1.16. The molecule has 10 heteroatoms. The molecule has 2 aliphatic rings. The summed E-state index contributed by atoms with van der Waals surface area (Å²) < 4.78 is 0. The van der Waals surface area contributed by atoms with Crippen LogP contribution >= 0.6 is 21.6 Å². The maximum Gasteiger partial charge on any atom is 0.241 e. The van der Waals surface area contributed by atoms with Crippen molar-refractivity contribution in [3.63, 3.8) is 0 Å². The number of hydrogen-bond donors (Lipinski definition) is 2. The Morgan fingerprint density at radius 3 is 1.65 bits per heavy atom. The molecule has 4 unspecified atom stereocenters. The van der Waals surface area contributed by atoms with E-state index in [0.29, 0.717) is 37.4 Å². The van der Waals surface area contributed by atoms with Crippen LogP contribution in [0.15, 0.2) is 0 Å². The van der Waals surface area contributed by atoms with Crippen molar-refractivity contribution < 1.29 is 9.59 Å². The smallest absolute Gasteiger partial charge is 0.241 e. The fourth-order valence-electron chi connectivity index (χ4n) is 3.14. The number of rotatable bonds is 7.